The summed E-state index contributed by atoms with van der Waals surface area (Å²) in [4.78, 5) is 27.2. The molecule has 2 amide bonds. The molecule has 2 aromatic rings. The van der Waals surface area contributed by atoms with Gasteiger partial charge in [-0.05, 0) is 51.3 Å². The number of benzene rings is 2. The van der Waals surface area contributed by atoms with Gasteiger partial charge in [-0.2, -0.15) is 0 Å². The molecule has 0 spiro atoms. The monoisotopic (exact) mass is 364 g/mol. The molecule has 2 unspecified atom stereocenters. The summed E-state index contributed by atoms with van der Waals surface area (Å²) in [5.41, 5.74) is 4.68. The van der Waals surface area contributed by atoms with Gasteiger partial charge in [0.1, 0.15) is 0 Å². The number of aryl methyl sites for hydroxylation is 2. The summed E-state index contributed by atoms with van der Waals surface area (Å²) in [7, 11) is 0. The molecule has 0 saturated carbocycles. The molecule has 140 valence electrons. The van der Waals surface area contributed by atoms with Crippen LogP contribution in [0.3, 0.4) is 0 Å². The first kappa shape index (κ1) is 17.6. The third kappa shape index (κ3) is 3.18. The number of anilines is 1. The van der Waals surface area contributed by atoms with Gasteiger partial charge in [0.25, 0.3) is 11.8 Å². The zero-order valence-electron chi connectivity index (χ0n) is 15.9. The maximum Gasteiger partial charge on any atom is 0.265 e. The Morgan fingerprint density at radius 3 is 2.67 bits per heavy atom. The van der Waals surface area contributed by atoms with Crippen molar-refractivity contribution in [2.75, 3.05) is 11.9 Å². The number of carbonyl (C=O) groups excluding carboxylic acids is 2. The first-order valence-electron chi connectivity index (χ1n) is 9.44. The average Bonchev–Trinajstić information content (AvgIpc) is 3.10. The lowest BCUT2D eigenvalue weighted by Crippen LogP contribution is -2.36. The van der Waals surface area contributed by atoms with E-state index in [1.807, 2.05) is 4.90 Å². The Kier molecular flexibility index (Phi) is 4.38. The smallest absolute Gasteiger partial charge is 0.265 e. The van der Waals surface area contributed by atoms with Crippen LogP contribution in [0.1, 0.15) is 52.9 Å². The first-order valence-corrected chi connectivity index (χ1v) is 9.44. The number of amides is 2. The van der Waals surface area contributed by atoms with Crippen molar-refractivity contribution in [3.63, 3.8) is 0 Å². The van der Waals surface area contributed by atoms with Gasteiger partial charge in [0.2, 0.25) is 0 Å². The molecule has 2 atom stereocenters. The molecule has 1 saturated heterocycles. The van der Waals surface area contributed by atoms with Gasteiger partial charge in [-0.3, -0.25) is 9.59 Å². The third-order valence-electron chi connectivity index (χ3n) is 5.31. The van der Waals surface area contributed by atoms with Crippen LogP contribution in [0.25, 0.3) is 0 Å². The van der Waals surface area contributed by atoms with Gasteiger partial charge < -0.3 is 15.0 Å². The van der Waals surface area contributed by atoms with Crippen molar-refractivity contribution < 1.29 is 14.3 Å². The molecule has 1 fully saturated rings. The van der Waals surface area contributed by atoms with Crippen molar-refractivity contribution in [2.45, 2.75) is 45.8 Å². The summed E-state index contributed by atoms with van der Waals surface area (Å²) in [5, 5.41) is 2.82. The van der Waals surface area contributed by atoms with Crippen molar-refractivity contribution in [1.82, 2.24) is 4.90 Å². The number of fused-ring (bicyclic) bond motifs is 1. The fourth-order valence-corrected chi connectivity index (χ4v) is 4.11. The highest BCUT2D eigenvalue weighted by Crippen LogP contribution is 2.38. The topological polar surface area (TPSA) is 58.6 Å². The minimum Gasteiger partial charge on any atom is -0.478 e. The Bertz CT molecular complexity index is 902. The molecule has 0 aliphatic carbocycles. The number of carbonyl (C=O) groups is 2. The fraction of sp³-hybridized carbons (Fsp3) is 0.364. The molecule has 4 rings (SSSR count). The maximum absolute atomic E-state index is 13.4. The van der Waals surface area contributed by atoms with Gasteiger partial charge in [-0.15, -0.1) is 0 Å². The summed E-state index contributed by atoms with van der Waals surface area (Å²) in [6.45, 7) is 6.59. The fourth-order valence-electron chi connectivity index (χ4n) is 4.11. The van der Waals surface area contributed by atoms with Crippen molar-refractivity contribution >= 4 is 17.5 Å². The molecule has 2 aliphatic heterocycles. The highest BCUT2D eigenvalue weighted by Gasteiger charge is 2.34. The average molecular weight is 364 g/mol. The number of rotatable bonds is 2. The lowest BCUT2D eigenvalue weighted by molar-refractivity contribution is -0.122. The SMILES string of the molecule is Cc1cc(C)cc(C2CCCN2C(=O)c2cccc3c2OC(C)C(=O)N3)c1. The molecule has 2 aromatic carbocycles. The van der Waals surface area contributed by atoms with Gasteiger partial charge >= 0.3 is 0 Å². The molecule has 27 heavy (non-hydrogen) atoms. The van der Waals surface area contributed by atoms with Crippen LogP contribution in [0, 0.1) is 13.8 Å². The van der Waals surface area contributed by atoms with E-state index in [9.17, 15) is 9.59 Å². The van der Waals surface area contributed by atoms with E-state index in [0.29, 0.717) is 17.0 Å². The number of para-hydroxylation sites is 1. The summed E-state index contributed by atoms with van der Waals surface area (Å²) < 4.78 is 5.78. The summed E-state index contributed by atoms with van der Waals surface area (Å²) in [5.74, 6) is 0.235. The van der Waals surface area contributed by atoms with Crippen LogP contribution in [-0.2, 0) is 4.79 Å². The van der Waals surface area contributed by atoms with Crippen LogP contribution in [0.5, 0.6) is 5.75 Å². The van der Waals surface area contributed by atoms with Gasteiger partial charge in [0.15, 0.2) is 11.9 Å². The number of ether oxygens (including phenoxy) is 1. The largest absolute Gasteiger partial charge is 0.478 e. The standard InChI is InChI=1S/C22H24N2O3/c1-13-10-14(2)12-16(11-13)19-8-5-9-24(19)22(26)17-6-4-7-18-20(17)27-15(3)21(25)23-18/h4,6-7,10-12,15,19H,5,8-9H2,1-3H3,(H,23,25). The van der Waals surface area contributed by atoms with Crippen LogP contribution >= 0.6 is 0 Å². The second kappa shape index (κ2) is 6.72. The zero-order valence-corrected chi connectivity index (χ0v) is 15.9. The Morgan fingerprint density at radius 2 is 1.93 bits per heavy atom. The lowest BCUT2D eigenvalue weighted by Gasteiger charge is -2.29. The minimum atomic E-state index is -0.611. The molecular formula is C22H24N2O3. The van der Waals surface area contributed by atoms with Gasteiger partial charge in [0.05, 0.1) is 17.3 Å². The Morgan fingerprint density at radius 1 is 1.19 bits per heavy atom. The van der Waals surface area contributed by atoms with E-state index < -0.39 is 6.10 Å². The van der Waals surface area contributed by atoms with E-state index in [1.165, 1.54) is 16.7 Å². The molecular weight excluding hydrogens is 340 g/mol. The molecule has 0 aromatic heterocycles. The third-order valence-corrected chi connectivity index (χ3v) is 5.31. The minimum absolute atomic E-state index is 0.0446. The number of likely N-dealkylation sites (tertiary alicyclic amines) is 1. The van der Waals surface area contributed by atoms with Crippen LogP contribution in [-0.4, -0.2) is 29.4 Å². The van der Waals surface area contributed by atoms with Crippen molar-refractivity contribution in [1.29, 1.82) is 0 Å². The summed E-state index contributed by atoms with van der Waals surface area (Å²) >= 11 is 0. The molecule has 2 aliphatic rings. The van der Waals surface area contributed by atoms with Crippen molar-refractivity contribution in [2.24, 2.45) is 0 Å². The van der Waals surface area contributed by atoms with Crippen molar-refractivity contribution in [3.8, 4) is 5.75 Å². The second-order valence-corrected chi connectivity index (χ2v) is 7.51. The molecule has 0 bridgehead atoms. The lowest BCUT2D eigenvalue weighted by atomic mass is 9.99. The Hall–Kier alpha value is -2.82. The normalized spacial score (nSPS) is 21.4. The van der Waals surface area contributed by atoms with Crippen LogP contribution in [0.2, 0.25) is 0 Å². The molecule has 1 N–H and O–H groups in total. The van der Waals surface area contributed by atoms with Crippen LogP contribution < -0.4 is 10.1 Å². The number of hydrogen-bond donors (Lipinski definition) is 1. The molecule has 5 nitrogen and oxygen atoms in total. The second-order valence-electron chi connectivity index (χ2n) is 7.51. The van der Waals surface area contributed by atoms with Crippen LogP contribution in [0.4, 0.5) is 5.69 Å². The van der Waals surface area contributed by atoms with E-state index in [-0.39, 0.29) is 17.9 Å². The Balaban J connectivity index is 1.69. The molecule has 0 radical (unpaired) electrons. The van der Waals surface area contributed by atoms with E-state index in [2.05, 4.69) is 37.4 Å². The molecule has 5 heteroatoms. The van der Waals surface area contributed by atoms with Gasteiger partial charge in [-0.25, -0.2) is 0 Å². The maximum atomic E-state index is 13.4. The predicted molar refractivity (Wildman–Crippen MR) is 104 cm³/mol. The quantitative estimate of drug-likeness (QED) is 0.876. The number of hydrogen-bond acceptors (Lipinski definition) is 3. The zero-order chi connectivity index (χ0) is 19.1. The van der Waals surface area contributed by atoms with Crippen molar-refractivity contribution in [3.05, 3.63) is 58.7 Å². The molecule has 2 heterocycles. The highest BCUT2D eigenvalue weighted by atomic mass is 16.5. The van der Waals surface area contributed by atoms with Gasteiger partial charge in [-0.1, -0.05) is 35.4 Å². The highest BCUT2D eigenvalue weighted by molar-refractivity contribution is 6.04. The van der Waals surface area contributed by atoms with E-state index in [4.69, 9.17) is 4.74 Å². The van der Waals surface area contributed by atoms with E-state index in [1.54, 1.807) is 25.1 Å². The summed E-state index contributed by atoms with van der Waals surface area (Å²) in [6.07, 6.45) is 1.32. The van der Waals surface area contributed by atoms with E-state index in [0.717, 1.165) is 19.4 Å². The summed E-state index contributed by atoms with van der Waals surface area (Å²) in [6, 6.07) is 11.9. The Labute approximate surface area is 159 Å². The first-order chi connectivity index (χ1) is 12.9. The van der Waals surface area contributed by atoms with Crippen LogP contribution in [0.15, 0.2) is 36.4 Å². The van der Waals surface area contributed by atoms with Gasteiger partial charge in [0, 0.05) is 6.54 Å². The predicted octanol–water partition coefficient (Wildman–Crippen LogP) is 4.00. The number of nitrogens with zero attached hydrogens (tertiary/aromatic N) is 1. The number of nitrogens with one attached hydrogen (secondary N) is 1. The van der Waals surface area contributed by atoms with E-state index >= 15 is 0 Å².